The SMILES string of the molecule is O=C(Nc1cccc(N2CCOCC2)c1)[C@@H]1CCCN1C(=O)C1CC1. The van der Waals surface area contributed by atoms with Crippen molar-refractivity contribution in [3.63, 3.8) is 0 Å². The number of benzene rings is 1. The summed E-state index contributed by atoms with van der Waals surface area (Å²) in [5, 5.41) is 3.02. The van der Waals surface area contributed by atoms with Crippen LogP contribution in [-0.2, 0) is 14.3 Å². The second-order valence-electron chi connectivity index (χ2n) is 7.10. The van der Waals surface area contributed by atoms with Gasteiger partial charge in [-0.3, -0.25) is 9.59 Å². The molecular formula is C19H25N3O3. The van der Waals surface area contributed by atoms with Crippen LogP contribution in [0.4, 0.5) is 11.4 Å². The van der Waals surface area contributed by atoms with Crippen molar-refractivity contribution in [3.05, 3.63) is 24.3 Å². The Hall–Kier alpha value is -2.08. The van der Waals surface area contributed by atoms with E-state index >= 15 is 0 Å². The molecule has 25 heavy (non-hydrogen) atoms. The van der Waals surface area contributed by atoms with Gasteiger partial charge in [-0.1, -0.05) is 6.07 Å². The predicted octanol–water partition coefficient (Wildman–Crippen LogP) is 1.86. The molecule has 0 spiro atoms. The van der Waals surface area contributed by atoms with E-state index in [0.717, 1.165) is 63.4 Å². The number of amides is 2. The number of morpholine rings is 1. The van der Waals surface area contributed by atoms with Gasteiger partial charge in [0, 0.05) is 36.9 Å². The molecule has 6 nitrogen and oxygen atoms in total. The lowest BCUT2D eigenvalue weighted by Crippen LogP contribution is -2.43. The van der Waals surface area contributed by atoms with Gasteiger partial charge < -0.3 is 19.9 Å². The van der Waals surface area contributed by atoms with Crippen molar-refractivity contribution in [3.8, 4) is 0 Å². The highest BCUT2D eigenvalue weighted by molar-refractivity contribution is 5.98. The van der Waals surface area contributed by atoms with Crippen LogP contribution in [-0.4, -0.2) is 55.6 Å². The van der Waals surface area contributed by atoms with Crippen LogP contribution in [0.3, 0.4) is 0 Å². The quantitative estimate of drug-likeness (QED) is 0.906. The normalized spacial score (nSPS) is 23.6. The van der Waals surface area contributed by atoms with Crippen LogP contribution >= 0.6 is 0 Å². The number of anilines is 2. The molecular weight excluding hydrogens is 318 g/mol. The summed E-state index contributed by atoms with van der Waals surface area (Å²) < 4.78 is 5.39. The Kier molecular flexibility index (Phi) is 4.61. The lowest BCUT2D eigenvalue weighted by molar-refractivity contribution is -0.137. The molecule has 2 amide bonds. The van der Waals surface area contributed by atoms with Crippen LogP contribution in [0.15, 0.2) is 24.3 Å². The highest BCUT2D eigenvalue weighted by Gasteiger charge is 2.40. The summed E-state index contributed by atoms with van der Waals surface area (Å²) in [6, 6.07) is 7.61. The van der Waals surface area contributed by atoms with Gasteiger partial charge in [-0.05, 0) is 43.9 Å². The summed E-state index contributed by atoms with van der Waals surface area (Å²) in [7, 11) is 0. The number of carbonyl (C=O) groups excluding carboxylic acids is 2. The van der Waals surface area contributed by atoms with E-state index in [4.69, 9.17) is 4.74 Å². The van der Waals surface area contributed by atoms with Crippen LogP contribution in [0, 0.1) is 5.92 Å². The van der Waals surface area contributed by atoms with Gasteiger partial charge in [-0.25, -0.2) is 0 Å². The molecule has 0 bridgehead atoms. The van der Waals surface area contributed by atoms with Gasteiger partial charge in [0.1, 0.15) is 6.04 Å². The molecule has 1 N–H and O–H groups in total. The number of likely N-dealkylation sites (tertiary alicyclic amines) is 1. The zero-order chi connectivity index (χ0) is 17.2. The summed E-state index contributed by atoms with van der Waals surface area (Å²) in [5.74, 6) is 0.267. The van der Waals surface area contributed by atoms with Gasteiger partial charge in [-0.2, -0.15) is 0 Å². The van der Waals surface area contributed by atoms with Gasteiger partial charge in [-0.15, -0.1) is 0 Å². The standard InChI is InChI=1S/C19H25N3O3/c23-18(17-5-2-8-22(17)19(24)14-6-7-14)20-15-3-1-4-16(13-15)21-9-11-25-12-10-21/h1,3-4,13-14,17H,2,5-12H2,(H,20,23)/t17-/m0/s1. The first-order chi connectivity index (χ1) is 12.2. The smallest absolute Gasteiger partial charge is 0.247 e. The van der Waals surface area contributed by atoms with Gasteiger partial charge in [0.25, 0.3) is 0 Å². The summed E-state index contributed by atoms with van der Waals surface area (Å²) >= 11 is 0. The monoisotopic (exact) mass is 343 g/mol. The first kappa shape index (κ1) is 16.4. The molecule has 1 aliphatic carbocycles. The van der Waals surface area contributed by atoms with E-state index in [1.54, 1.807) is 4.90 Å². The summed E-state index contributed by atoms with van der Waals surface area (Å²) in [4.78, 5) is 29.1. The van der Waals surface area contributed by atoms with Crippen molar-refractivity contribution >= 4 is 23.2 Å². The molecule has 2 heterocycles. The predicted molar refractivity (Wildman–Crippen MR) is 95.6 cm³/mol. The number of carbonyl (C=O) groups is 2. The zero-order valence-electron chi connectivity index (χ0n) is 14.4. The third-order valence-corrected chi connectivity index (χ3v) is 5.26. The van der Waals surface area contributed by atoms with Crippen molar-refractivity contribution in [1.82, 2.24) is 4.90 Å². The van der Waals surface area contributed by atoms with E-state index in [1.165, 1.54) is 0 Å². The highest BCUT2D eigenvalue weighted by Crippen LogP contribution is 2.34. The average Bonchev–Trinajstić information content (AvgIpc) is 3.38. The van der Waals surface area contributed by atoms with Gasteiger partial charge in [0.05, 0.1) is 13.2 Å². The van der Waals surface area contributed by atoms with Gasteiger partial charge in [0.2, 0.25) is 11.8 Å². The molecule has 0 unspecified atom stereocenters. The molecule has 1 aromatic carbocycles. The van der Waals surface area contributed by atoms with Crippen molar-refractivity contribution in [2.45, 2.75) is 31.7 Å². The van der Waals surface area contributed by atoms with E-state index in [2.05, 4.69) is 16.3 Å². The number of rotatable bonds is 4. The van der Waals surface area contributed by atoms with E-state index < -0.39 is 0 Å². The number of nitrogens with one attached hydrogen (secondary N) is 1. The Labute approximate surface area is 148 Å². The van der Waals surface area contributed by atoms with E-state index in [9.17, 15) is 9.59 Å². The van der Waals surface area contributed by atoms with Crippen molar-refractivity contribution in [2.24, 2.45) is 5.92 Å². The van der Waals surface area contributed by atoms with Crippen LogP contribution in [0.25, 0.3) is 0 Å². The number of nitrogens with zero attached hydrogens (tertiary/aromatic N) is 2. The lowest BCUT2D eigenvalue weighted by Gasteiger charge is -2.29. The zero-order valence-corrected chi connectivity index (χ0v) is 14.4. The summed E-state index contributed by atoms with van der Waals surface area (Å²) in [6.45, 7) is 3.91. The molecule has 1 atom stereocenters. The Morgan fingerprint density at radius 1 is 1.08 bits per heavy atom. The molecule has 6 heteroatoms. The maximum atomic E-state index is 12.7. The second-order valence-corrected chi connectivity index (χ2v) is 7.10. The molecule has 2 saturated heterocycles. The fourth-order valence-electron chi connectivity index (χ4n) is 3.70. The van der Waals surface area contributed by atoms with Crippen LogP contribution < -0.4 is 10.2 Å². The van der Waals surface area contributed by atoms with Crippen molar-refractivity contribution in [2.75, 3.05) is 43.1 Å². The molecule has 3 fully saturated rings. The molecule has 0 radical (unpaired) electrons. The first-order valence-corrected chi connectivity index (χ1v) is 9.26. The third kappa shape index (κ3) is 3.63. The van der Waals surface area contributed by atoms with Gasteiger partial charge >= 0.3 is 0 Å². The maximum absolute atomic E-state index is 12.7. The van der Waals surface area contributed by atoms with Gasteiger partial charge in [0.15, 0.2) is 0 Å². The fourth-order valence-corrected chi connectivity index (χ4v) is 3.70. The van der Waals surface area contributed by atoms with Crippen molar-refractivity contribution in [1.29, 1.82) is 0 Å². The molecule has 2 aliphatic heterocycles. The minimum absolute atomic E-state index is 0.0642. The second kappa shape index (κ2) is 7.04. The summed E-state index contributed by atoms with van der Waals surface area (Å²) in [5.41, 5.74) is 1.89. The minimum atomic E-state index is -0.319. The maximum Gasteiger partial charge on any atom is 0.247 e. The summed E-state index contributed by atoms with van der Waals surface area (Å²) in [6.07, 6.45) is 3.62. The highest BCUT2D eigenvalue weighted by atomic mass is 16.5. The molecule has 0 aromatic heterocycles. The molecule has 1 aromatic rings. The molecule has 134 valence electrons. The van der Waals surface area contributed by atoms with E-state index in [0.29, 0.717) is 6.54 Å². The van der Waals surface area contributed by atoms with E-state index in [1.807, 2.05) is 18.2 Å². The Morgan fingerprint density at radius 3 is 2.64 bits per heavy atom. The van der Waals surface area contributed by atoms with Crippen LogP contribution in [0.1, 0.15) is 25.7 Å². The average molecular weight is 343 g/mol. The largest absolute Gasteiger partial charge is 0.378 e. The fraction of sp³-hybridized carbons (Fsp3) is 0.579. The van der Waals surface area contributed by atoms with Crippen LogP contribution in [0.2, 0.25) is 0 Å². The Bertz CT molecular complexity index is 653. The topological polar surface area (TPSA) is 61.9 Å². The number of ether oxygens (including phenoxy) is 1. The Balaban J connectivity index is 1.42. The first-order valence-electron chi connectivity index (χ1n) is 9.26. The number of hydrogen-bond donors (Lipinski definition) is 1. The number of hydrogen-bond acceptors (Lipinski definition) is 4. The van der Waals surface area contributed by atoms with Crippen LogP contribution in [0.5, 0.6) is 0 Å². The lowest BCUT2D eigenvalue weighted by atomic mass is 10.2. The van der Waals surface area contributed by atoms with E-state index in [-0.39, 0.29) is 23.8 Å². The molecule has 3 aliphatic rings. The molecule has 1 saturated carbocycles. The Morgan fingerprint density at radius 2 is 1.88 bits per heavy atom. The minimum Gasteiger partial charge on any atom is -0.378 e. The third-order valence-electron chi connectivity index (χ3n) is 5.26. The van der Waals surface area contributed by atoms with Crippen molar-refractivity contribution < 1.29 is 14.3 Å². The molecule has 4 rings (SSSR count).